The van der Waals surface area contributed by atoms with Crippen LogP contribution in [0, 0.1) is 20.8 Å². The van der Waals surface area contributed by atoms with Gasteiger partial charge in [-0.3, -0.25) is 10.9 Å². The van der Waals surface area contributed by atoms with Crippen LogP contribution in [0.2, 0.25) is 0 Å². The van der Waals surface area contributed by atoms with Gasteiger partial charge in [-0.1, -0.05) is 30.3 Å². The number of ether oxygens (including phenoxy) is 1. The molecule has 27 heavy (non-hydrogen) atoms. The van der Waals surface area contributed by atoms with E-state index in [1.807, 2.05) is 25.1 Å². The summed E-state index contributed by atoms with van der Waals surface area (Å²) in [5, 5.41) is 3.29. The third-order valence-corrected chi connectivity index (χ3v) is 4.73. The second-order valence-electron chi connectivity index (χ2n) is 6.75. The lowest BCUT2D eigenvalue weighted by Gasteiger charge is -2.14. The maximum absolute atomic E-state index is 5.37. The van der Waals surface area contributed by atoms with Gasteiger partial charge in [-0.15, -0.1) is 0 Å². The van der Waals surface area contributed by atoms with E-state index >= 15 is 0 Å². The molecule has 136 valence electrons. The van der Waals surface area contributed by atoms with Crippen molar-refractivity contribution in [2.45, 2.75) is 20.8 Å². The molecule has 0 unspecified atom stereocenters. The number of nitrogens with zero attached hydrogens (tertiary/aromatic N) is 2. The molecule has 0 aliphatic rings. The second-order valence-corrected chi connectivity index (χ2v) is 6.75. The Kier molecular flexibility index (Phi) is 4.28. The predicted octanol–water partition coefficient (Wildman–Crippen LogP) is 5.16. The van der Waals surface area contributed by atoms with Gasteiger partial charge in [-0.25, -0.2) is 9.97 Å². The molecule has 4 aromatic rings. The minimum Gasteiger partial charge on any atom is -0.497 e. The molecule has 0 saturated heterocycles. The second kappa shape index (κ2) is 6.76. The summed E-state index contributed by atoms with van der Waals surface area (Å²) >= 11 is 0. The van der Waals surface area contributed by atoms with Crippen molar-refractivity contribution in [2.24, 2.45) is 0 Å². The first-order chi connectivity index (χ1) is 13.0. The van der Waals surface area contributed by atoms with Crippen LogP contribution in [0.25, 0.3) is 21.7 Å². The Morgan fingerprint density at radius 2 is 1.70 bits per heavy atom. The Morgan fingerprint density at radius 3 is 2.52 bits per heavy atom. The Hall–Kier alpha value is -3.34. The van der Waals surface area contributed by atoms with E-state index in [2.05, 4.69) is 65.0 Å². The van der Waals surface area contributed by atoms with Crippen LogP contribution in [0.4, 0.5) is 11.6 Å². The van der Waals surface area contributed by atoms with Crippen molar-refractivity contribution in [1.29, 1.82) is 0 Å². The lowest BCUT2D eigenvalue weighted by Crippen LogP contribution is -2.13. The summed E-state index contributed by atoms with van der Waals surface area (Å²) in [4.78, 5) is 9.26. The number of nitrogens with one attached hydrogen (secondary N) is 2. The van der Waals surface area contributed by atoms with Crippen molar-refractivity contribution in [3.05, 3.63) is 65.4 Å². The molecule has 0 atom stereocenters. The van der Waals surface area contributed by atoms with Crippen molar-refractivity contribution in [1.82, 2.24) is 9.97 Å². The number of hydrogen-bond acceptors (Lipinski definition) is 5. The standard InChI is InChI=1S/C22H22N4O/c1-13-10-16-8-9-17(27-4)12-19(16)20(11-13)25-26-22-23-15(3)18-7-5-6-14(2)21(18)24-22/h5-12,25H,1-4H3,(H,23,24,26). The third-order valence-electron chi connectivity index (χ3n) is 4.73. The molecular formula is C22H22N4O. The van der Waals surface area contributed by atoms with E-state index in [1.54, 1.807) is 7.11 Å². The minimum absolute atomic E-state index is 0.548. The van der Waals surface area contributed by atoms with E-state index in [0.29, 0.717) is 5.95 Å². The van der Waals surface area contributed by atoms with Gasteiger partial charge >= 0.3 is 0 Å². The number of fused-ring (bicyclic) bond motifs is 2. The largest absolute Gasteiger partial charge is 0.497 e. The van der Waals surface area contributed by atoms with Crippen molar-refractivity contribution in [2.75, 3.05) is 18.0 Å². The summed E-state index contributed by atoms with van der Waals surface area (Å²) in [6, 6.07) is 16.4. The van der Waals surface area contributed by atoms with Crippen LogP contribution in [0.5, 0.6) is 5.75 Å². The molecule has 0 amide bonds. The molecule has 0 radical (unpaired) electrons. The SMILES string of the molecule is COc1ccc2cc(C)cc(NNc3nc(C)c4cccc(C)c4n3)c2c1. The Morgan fingerprint density at radius 1 is 0.852 bits per heavy atom. The number of rotatable bonds is 4. The topological polar surface area (TPSA) is 59.1 Å². The highest BCUT2D eigenvalue weighted by atomic mass is 16.5. The summed E-state index contributed by atoms with van der Waals surface area (Å²) in [7, 11) is 1.68. The van der Waals surface area contributed by atoms with Crippen LogP contribution in [0.1, 0.15) is 16.8 Å². The number of hydrogen-bond donors (Lipinski definition) is 2. The monoisotopic (exact) mass is 358 g/mol. The summed E-state index contributed by atoms with van der Waals surface area (Å²) < 4.78 is 5.37. The highest BCUT2D eigenvalue weighted by Gasteiger charge is 2.08. The number of aryl methyl sites for hydroxylation is 3. The van der Waals surface area contributed by atoms with E-state index < -0.39 is 0 Å². The van der Waals surface area contributed by atoms with Gasteiger partial charge in [0.05, 0.1) is 24.0 Å². The fourth-order valence-electron chi connectivity index (χ4n) is 3.35. The highest BCUT2D eigenvalue weighted by molar-refractivity contribution is 5.96. The fraction of sp³-hybridized carbons (Fsp3) is 0.182. The van der Waals surface area contributed by atoms with Crippen molar-refractivity contribution in [3.8, 4) is 5.75 Å². The van der Waals surface area contributed by atoms with Gasteiger partial charge in [0.25, 0.3) is 0 Å². The molecule has 3 aromatic carbocycles. The number of para-hydroxylation sites is 1. The fourth-order valence-corrected chi connectivity index (χ4v) is 3.35. The normalized spacial score (nSPS) is 11.0. The van der Waals surface area contributed by atoms with E-state index in [-0.39, 0.29) is 0 Å². The van der Waals surface area contributed by atoms with Crippen LogP contribution in [0.3, 0.4) is 0 Å². The molecule has 0 aliphatic carbocycles. The number of methoxy groups -OCH3 is 1. The molecule has 0 saturated carbocycles. The first kappa shape index (κ1) is 17.1. The van der Waals surface area contributed by atoms with Crippen LogP contribution in [0.15, 0.2) is 48.5 Å². The molecule has 0 aliphatic heterocycles. The number of anilines is 2. The first-order valence-electron chi connectivity index (χ1n) is 8.89. The lowest BCUT2D eigenvalue weighted by atomic mass is 10.1. The molecule has 0 fully saturated rings. The van der Waals surface area contributed by atoms with E-state index in [4.69, 9.17) is 4.74 Å². The van der Waals surface area contributed by atoms with Crippen LogP contribution in [-0.4, -0.2) is 17.1 Å². The number of hydrazine groups is 1. The molecule has 0 spiro atoms. The summed E-state index contributed by atoms with van der Waals surface area (Å²) in [5.74, 6) is 1.37. The predicted molar refractivity (Wildman–Crippen MR) is 111 cm³/mol. The van der Waals surface area contributed by atoms with Crippen LogP contribution in [-0.2, 0) is 0 Å². The smallest absolute Gasteiger partial charge is 0.242 e. The van der Waals surface area contributed by atoms with Gasteiger partial charge in [0.15, 0.2) is 0 Å². The van der Waals surface area contributed by atoms with Gasteiger partial charge in [-0.2, -0.15) is 0 Å². The molecule has 4 rings (SSSR count). The summed E-state index contributed by atoms with van der Waals surface area (Å²) in [6.07, 6.45) is 0. The quantitative estimate of drug-likeness (QED) is 0.494. The van der Waals surface area contributed by atoms with Crippen LogP contribution >= 0.6 is 0 Å². The molecule has 2 N–H and O–H groups in total. The number of aromatic nitrogens is 2. The van der Waals surface area contributed by atoms with E-state index in [9.17, 15) is 0 Å². The molecular weight excluding hydrogens is 336 g/mol. The van der Waals surface area contributed by atoms with Gasteiger partial charge in [0.1, 0.15) is 5.75 Å². The van der Waals surface area contributed by atoms with E-state index in [0.717, 1.165) is 44.4 Å². The molecule has 1 aromatic heterocycles. The molecule has 5 heteroatoms. The number of benzene rings is 3. The lowest BCUT2D eigenvalue weighted by molar-refractivity contribution is 0.415. The molecule has 1 heterocycles. The van der Waals surface area contributed by atoms with Gasteiger partial charge in [-0.05, 0) is 55.5 Å². The minimum atomic E-state index is 0.548. The van der Waals surface area contributed by atoms with Crippen LogP contribution < -0.4 is 15.6 Å². The summed E-state index contributed by atoms with van der Waals surface area (Å²) in [6.45, 7) is 6.14. The van der Waals surface area contributed by atoms with Crippen molar-refractivity contribution >= 4 is 33.3 Å². The summed E-state index contributed by atoms with van der Waals surface area (Å²) in [5.41, 5.74) is 11.6. The molecule has 5 nitrogen and oxygen atoms in total. The maximum atomic E-state index is 5.37. The molecule has 0 bridgehead atoms. The van der Waals surface area contributed by atoms with E-state index in [1.165, 1.54) is 5.56 Å². The zero-order valence-corrected chi connectivity index (χ0v) is 15.9. The Labute approximate surface area is 158 Å². The average Bonchev–Trinajstić information content (AvgIpc) is 2.66. The van der Waals surface area contributed by atoms with Gasteiger partial charge < -0.3 is 4.74 Å². The Bertz CT molecular complexity index is 1150. The first-order valence-corrected chi connectivity index (χ1v) is 8.89. The Balaban J connectivity index is 1.71. The maximum Gasteiger partial charge on any atom is 0.242 e. The van der Waals surface area contributed by atoms with Gasteiger partial charge in [0, 0.05) is 10.8 Å². The average molecular weight is 358 g/mol. The zero-order chi connectivity index (χ0) is 19.0. The highest BCUT2D eigenvalue weighted by Crippen LogP contribution is 2.29. The van der Waals surface area contributed by atoms with Gasteiger partial charge in [0.2, 0.25) is 5.95 Å². The van der Waals surface area contributed by atoms with Crippen molar-refractivity contribution < 1.29 is 4.74 Å². The zero-order valence-electron chi connectivity index (χ0n) is 15.9. The van der Waals surface area contributed by atoms with Crippen molar-refractivity contribution in [3.63, 3.8) is 0 Å². The third kappa shape index (κ3) is 3.24.